The third-order valence-corrected chi connectivity index (χ3v) is 4.85. The summed E-state index contributed by atoms with van der Waals surface area (Å²) in [5, 5.41) is 12.5. The predicted molar refractivity (Wildman–Crippen MR) is 86.4 cm³/mol. The van der Waals surface area contributed by atoms with Crippen molar-refractivity contribution in [2.24, 2.45) is 5.92 Å². The van der Waals surface area contributed by atoms with Crippen LogP contribution < -0.4 is 5.32 Å². The minimum atomic E-state index is 0.570. The van der Waals surface area contributed by atoms with E-state index < -0.39 is 0 Å². The quantitative estimate of drug-likeness (QED) is 0.891. The predicted octanol–water partition coefficient (Wildman–Crippen LogP) is 2.74. The Morgan fingerprint density at radius 3 is 3.05 bits per heavy atom. The second-order valence-corrected chi connectivity index (χ2v) is 7.35. The van der Waals surface area contributed by atoms with Crippen LogP contribution in [-0.2, 0) is 19.5 Å². The van der Waals surface area contributed by atoms with Gasteiger partial charge < -0.3 is 5.32 Å². The minimum absolute atomic E-state index is 0.570. The Kier molecular flexibility index (Phi) is 4.60. The van der Waals surface area contributed by atoms with Crippen LogP contribution >= 0.6 is 11.8 Å². The Hall–Kier alpha value is -1.33. The molecule has 5 heteroatoms. The van der Waals surface area contributed by atoms with Crippen molar-refractivity contribution in [1.82, 2.24) is 20.3 Å². The molecule has 21 heavy (non-hydrogen) atoms. The second kappa shape index (κ2) is 6.62. The van der Waals surface area contributed by atoms with Gasteiger partial charge in [-0.15, -0.1) is 16.9 Å². The molecule has 3 rings (SSSR count). The fourth-order valence-corrected chi connectivity index (χ4v) is 3.87. The van der Waals surface area contributed by atoms with Crippen LogP contribution in [0, 0.1) is 5.92 Å². The molecule has 4 nitrogen and oxygen atoms in total. The van der Waals surface area contributed by atoms with Crippen molar-refractivity contribution in [1.29, 1.82) is 0 Å². The zero-order chi connectivity index (χ0) is 14.7. The van der Waals surface area contributed by atoms with Crippen molar-refractivity contribution in [3.63, 3.8) is 0 Å². The van der Waals surface area contributed by atoms with Gasteiger partial charge in [-0.1, -0.05) is 37.3 Å². The van der Waals surface area contributed by atoms with Crippen LogP contribution in [-0.4, -0.2) is 26.8 Å². The summed E-state index contributed by atoms with van der Waals surface area (Å²) < 4.78 is 1.98. The molecule has 1 unspecified atom stereocenters. The molecule has 2 aromatic rings. The van der Waals surface area contributed by atoms with E-state index >= 15 is 0 Å². The van der Waals surface area contributed by atoms with Gasteiger partial charge in [-0.2, -0.15) is 0 Å². The van der Waals surface area contributed by atoms with Gasteiger partial charge in [0, 0.05) is 22.9 Å². The lowest BCUT2D eigenvalue weighted by Crippen LogP contribution is -2.19. The zero-order valence-electron chi connectivity index (χ0n) is 12.6. The number of hydrogen-bond donors (Lipinski definition) is 1. The molecule has 0 bridgehead atoms. The number of nitrogens with one attached hydrogen (secondary N) is 1. The van der Waals surface area contributed by atoms with Gasteiger partial charge in [0.05, 0.1) is 12.2 Å². The maximum atomic E-state index is 4.25. The Labute approximate surface area is 130 Å². The van der Waals surface area contributed by atoms with E-state index in [-0.39, 0.29) is 0 Å². The second-order valence-electron chi connectivity index (χ2n) is 6.01. The first-order valence-corrected chi connectivity index (χ1v) is 8.43. The highest BCUT2D eigenvalue weighted by Crippen LogP contribution is 2.37. The molecule has 0 amide bonds. The van der Waals surface area contributed by atoms with Crippen molar-refractivity contribution in [3.05, 3.63) is 41.7 Å². The Balaban J connectivity index is 1.52. The molecule has 1 atom stereocenters. The van der Waals surface area contributed by atoms with Gasteiger partial charge in [0.2, 0.25) is 0 Å². The molecule has 1 aromatic carbocycles. The monoisotopic (exact) mass is 302 g/mol. The first-order valence-electron chi connectivity index (χ1n) is 7.55. The van der Waals surface area contributed by atoms with E-state index in [1.54, 1.807) is 0 Å². The van der Waals surface area contributed by atoms with Gasteiger partial charge in [0.15, 0.2) is 0 Å². The van der Waals surface area contributed by atoms with Crippen LogP contribution in [0.15, 0.2) is 35.4 Å². The topological polar surface area (TPSA) is 42.7 Å². The molecule has 1 N–H and O–H groups in total. The lowest BCUT2D eigenvalue weighted by Gasteiger charge is -2.07. The van der Waals surface area contributed by atoms with E-state index in [4.69, 9.17) is 0 Å². The average Bonchev–Trinajstić information content (AvgIpc) is 3.04. The standard InChI is InChI=1S/C16H22N4S/c1-12(2)8-17-9-14-10-20(19-18-14)11-15-7-13-5-3-4-6-16(13)21-15/h3-6,10,12,15,17H,7-9,11H2,1-2H3. The normalized spacial score (nSPS) is 17.4. The first-order chi connectivity index (χ1) is 10.2. The molecule has 112 valence electrons. The van der Waals surface area contributed by atoms with E-state index in [0.29, 0.717) is 11.2 Å². The van der Waals surface area contributed by atoms with Gasteiger partial charge in [0.1, 0.15) is 0 Å². The van der Waals surface area contributed by atoms with Gasteiger partial charge in [-0.3, -0.25) is 4.68 Å². The van der Waals surface area contributed by atoms with E-state index in [1.807, 2.05) is 16.4 Å². The van der Waals surface area contributed by atoms with Crippen LogP contribution in [0.1, 0.15) is 25.1 Å². The Morgan fingerprint density at radius 2 is 2.24 bits per heavy atom. The molecule has 0 saturated carbocycles. The number of thioether (sulfide) groups is 1. The highest BCUT2D eigenvalue weighted by Gasteiger charge is 2.22. The highest BCUT2D eigenvalue weighted by atomic mass is 32.2. The number of nitrogens with zero attached hydrogens (tertiary/aromatic N) is 3. The summed E-state index contributed by atoms with van der Waals surface area (Å²) in [5.41, 5.74) is 2.49. The molecular formula is C16H22N4S. The van der Waals surface area contributed by atoms with Crippen LogP contribution in [0.5, 0.6) is 0 Å². The van der Waals surface area contributed by atoms with Crippen LogP contribution in [0.3, 0.4) is 0 Å². The number of hydrogen-bond acceptors (Lipinski definition) is 4. The third kappa shape index (κ3) is 3.86. The largest absolute Gasteiger partial charge is 0.311 e. The first kappa shape index (κ1) is 14.6. The summed E-state index contributed by atoms with van der Waals surface area (Å²) in [5.74, 6) is 0.661. The number of fused-ring (bicyclic) bond motifs is 1. The highest BCUT2D eigenvalue weighted by molar-refractivity contribution is 8.00. The number of aromatic nitrogens is 3. The van der Waals surface area contributed by atoms with Gasteiger partial charge in [-0.05, 0) is 30.5 Å². The van der Waals surface area contributed by atoms with Crippen LogP contribution in [0.2, 0.25) is 0 Å². The van der Waals surface area contributed by atoms with Gasteiger partial charge in [-0.25, -0.2) is 0 Å². The summed E-state index contributed by atoms with van der Waals surface area (Å²) >= 11 is 1.96. The molecule has 0 fully saturated rings. The molecule has 2 heterocycles. The van der Waals surface area contributed by atoms with Gasteiger partial charge >= 0.3 is 0 Å². The lowest BCUT2D eigenvalue weighted by atomic mass is 10.1. The van der Waals surface area contributed by atoms with Crippen LogP contribution in [0.4, 0.5) is 0 Å². The molecule has 0 saturated heterocycles. The SMILES string of the molecule is CC(C)CNCc1cn(CC2Cc3ccccc3S2)nn1. The Bertz CT molecular complexity index is 568. The molecule has 0 aliphatic carbocycles. The fraction of sp³-hybridized carbons (Fsp3) is 0.500. The lowest BCUT2D eigenvalue weighted by molar-refractivity contribution is 0.547. The van der Waals surface area contributed by atoms with E-state index in [0.717, 1.165) is 31.7 Å². The fourth-order valence-electron chi connectivity index (χ4n) is 2.56. The molecule has 1 aromatic heterocycles. The smallest absolute Gasteiger partial charge is 0.0964 e. The minimum Gasteiger partial charge on any atom is -0.311 e. The van der Waals surface area contributed by atoms with E-state index in [9.17, 15) is 0 Å². The molecule has 0 spiro atoms. The Morgan fingerprint density at radius 1 is 1.38 bits per heavy atom. The molecule has 1 aliphatic rings. The summed E-state index contributed by atoms with van der Waals surface area (Å²) in [7, 11) is 0. The van der Waals surface area contributed by atoms with Crippen molar-refractivity contribution < 1.29 is 0 Å². The summed E-state index contributed by atoms with van der Waals surface area (Å²) in [4.78, 5) is 1.42. The van der Waals surface area contributed by atoms with E-state index in [1.165, 1.54) is 10.5 Å². The average molecular weight is 302 g/mol. The third-order valence-electron chi connectivity index (χ3n) is 3.55. The van der Waals surface area contributed by atoms with Crippen molar-refractivity contribution in [2.45, 2.75) is 43.5 Å². The summed E-state index contributed by atoms with van der Waals surface area (Å²) in [6.07, 6.45) is 3.19. The van der Waals surface area contributed by atoms with Crippen molar-refractivity contribution >= 4 is 11.8 Å². The number of benzene rings is 1. The molecule has 1 aliphatic heterocycles. The maximum Gasteiger partial charge on any atom is 0.0964 e. The number of rotatable bonds is 6. The molecule has 0 radical (unpaired) electrons. The van der Waals surface area contributed by atoms with Crippen molar-refractivity contribution in [2.75, 3.05) is 6.54 Å². The van der Waals surface area contributed by atoms with E-state index in [2.05, 4.69) is 59.9 Å². The maximum absolute atomic E-state index is 4.25. The van der Waals surface area contributed by atoms with Gasteiger partial charge in [0.25, 0.3) is 0 Å². The van der Waals surface area contributed by atoms with Crippen molar-refractivity contribution in [3.8, 4) is 0 Å². The summed E-state index contributed by atoms with van der Waals surface area (Å²) in [6, 6.07) is 8.67. The van der Waals surface area contributed by atoms with Crippen LogP contribution in [0.25, 0.3) is 0 Å². The molecular weight excluding hydrogens is 280 g/mol. The summed E-state index contributed by atoms with van der Waals surface area (Å²) in [6.45, 7) is 7.16. The zero-order valence-corrected chi connectivity index (χ0v) is 13.4.